The minimum absolute atomic E-state index is 0.0634. The van der Waals surface area contributed by atoms with Crippen molar-refractivity contribution >= 4 is 29.1 Å². The first-order chi connectivity index (χ1) is 16.9. The molecule has 8 heteroatoms. The van der Waals surface area contributed by atoms with E-state index in [4.69, 9.17) is 21.1 Å². The Labute approximate surface area is 209 Å². The number of carbonyl (C=O) groups excluding carboxylic acids is 2. The molecule has 184 valence electrons. The van der Waals surface area contributed by atoms with Crippen LogP contribution in [0.1, 0.15) is 36.1 Å². The molecule has 2 fully saturated rings. The lowest BCUT2D eigenvalue weighted by molar-refractivity contribution is -0.140. The van der Waals surface area contributed by atoms with Crippen LogP contribution < -0.4 is 4.74 Å². The molecule has 2 atom stereocenters. The van der Waals surface area contributed by atoms with E-state index in [9.17, 15) is 14.7 Å². The van der Waals surface area contributed by atoms with Crippen molar-refractivity contribution in [3.05, 3.63) is 69.8 Å². The predicted molar refractivity (Wildman–Crippen MR) is 133 cm³/mol. The van der Waals surface area contributed by atoms with Gasteiger partial charge in [-0.2, -0.15) is 0 Å². The lowest BCUT2D eigenvalue weighted by Crippen LogP contribution is -2.38. The molecule has 2 aromatic carbocycles. The fraction of sp³-hybridized carbons (Fsp3) is 0.407. The Morgan fingerprint density at radius 1 is 1.09 bits per heavy atom. The van der Waals surface area contributed by atoms with Crippen LogP contribution in [0.4, 0.5) is 0 Å². The van der Waals surface area contributed by atoms with Gasteiger partial charge in [0.2, 0.25) is 0 Å². The monoisotopic (exact) mass is 496 g/mol. The first-order valence-corrected chi connectivity index (χ1v) is 12.4. The van der Waals surface area contributed by atoms with Crippen molar-refractivity contribution in [2.24, 2.45) is 0 Å². The lowest BCUT2D eigenvalue weighted by Gasteiger charge is -2.29. The molecule has 3 aliphatic rings. The van der Waals surface area contributed by atoms with Crippen molar-refractivity contribution < 1.29 is 24.2 Å². The molecule has 2 saturated heterocycles. The topological polar surface area (TPSA) is 79.3 Å². The van der Waals surface area contributed by atoms with Crippen molar-refractivity contribution in [1.82, 2.24) is 9.80 Å². The van der Waals surface area contributed by atoms with E-state index in [1.807, 2.05) is 19.1 Å². The fourth-order valence-corrected chi connectivity index (χ4v) is 5.24. The highest BCUT2D eigenvalue weighted by molar-refractivity contribution is 6.46. The molecule has 1 N–H and O–H groups in total. The van der Waals surface area contributed by atoms with E-state index >= 15 is 0 Å². The van der Waals surface area contributed by atoms with Gasteiger partial charge in [0.05, 0.1) is 24.8 Å². The molecule has 0 aliphatic carbocycles. The van der Waals surface area contributed by atoms with E-state index in [2.05, 4.69) is 4.90 Å². The van der Waals surface area contributed by atoms with Crippen molar-refractivity contribution in [2.75, 3.05) is 39.4 Å². The Kier molecular flexibility index (Phi) is 6.82. The van der Waals surface area contributed by atoms with Crippen LogP contribution in [0.3, 0.4) is 0 Å². The van der Waals surface area contributed by atoms with Crippen LogP contribution in [-0.4, -0.2) is 72.1 Å². The van der Waals surface area contributed by atoms with Gasteiger partial charge >= 0.3 is 0 Å². The van der Waals surface area contributed by atoms with Gasteiger partial charge in [0, 0.05) is 43.2 Å². The SMILES string of the molecule is CC1Cc2cc(/C(O)=C3\C(=O)C(=O)N(CCCN4CCOCC4)C3c3ccc(Cl)cc3)ccc2O1. The molecular formula is C27H29ClN2O5. The van der Waals surface area contributed by atoms with Crippen molar-refractivity contribution in [1.29, 1.82) is 0 Å². The van der Waals surface area contributed by atoms with Gasteiger partial charge in [-0.05, 0) is 54.8 Å². The average molecular weight is 497 g/mol. The number of benzene rings is 2. The van der Waals surface area contributed by atoms with Gasteiger partial charge in [0.15, 0.2) is 0 Å². The minimum atomic E-state index is -0.680. The summed E-state index contributed by atoms with van der Waals surface area (Å²) in [6.07, 6.45) is 1.51. The molecule has 35 heavy (non-hydrogen) atoms. The van der Waals surface area contributed by atoms with Crippen molar-refractivity contribution in [3.8, 4) is 5.75 Å². The van der Waals surface area contributed by atoms with Crippen LogP contribution >= 0.6 is 11.6 Å². The molecule has 0 bridgehead atoms. The first-order valence-electron chi connectivity index (χ1n) is 12.1. The number of halogens is 1. The lowest BCUT2D eigenvalue weighted by atomic mass is 9.94. The van der Waals surface area contributed by atoms with E-state index in [1.54, 1.807) is 35.2 Å². The zero-order valence-corrected chi connectivity index (χ0v) is 20.5. The minimum Gasteiger partial charge on any atom is -0.507 e. The molecule has 3 aliphatic heterocycles. The Morgan fingerprint density at radius 3 is 2.57 bits per heavy atom. The third-order valence-corrected chi connectivity index (χ3v) is 7.12. The summed E-state index contributed by atoms with van der Waals surface area (Å²) in [4.78, 5) is 30.3. The van der Waals surface area contributed by atoms with Gasteiger partial charge in [-0.25, -0.2) is 0 Å². The molecule has 5 rings (SSSR count). The highest BCUT2D eigenvalue weighted by Crippen LogP contribution is 2.41. The van der Waals surface area contributed by atoms with Gasteiger partial charge in [-0.3, -0.25) is 14.5 Å². The van der Waals surface area contributed by atoms with Gasteiger partial charge in [-0.1, -0.05) is 23.7 Å². The quantitative estimate of drug-likeness (QED) is 0.372. The van der Waals surface area contributed by atoms with Crippen LogP contribution in [0, 0.1) is 0 Å². The maximum atomic E-state index is 13.2. The van der Waals surface area contributed by atoms with Gasteiger partial charge < -0.3 is 19.5 Å². The number of carbonyl (C=O) groups is 2. The molecular weight excluding hydrogens is 468 g/mol. The summed E-state index contributed by atoms with van der Waals surface area (Å²) in [5.74, 6) is -0.640. The normalized spacial score (nSPS) is 24.0. The van der Waals surface area contributed by atoms with E-state index in [0.29, 0.717) is 36.8 Å². The maximum Gasteiger partial charge on any atom is 0.295 e. The Balaban J connectivity index is 1.47. The van der Waals surface area contributed by atoms with E-state index in [1.165, 1.54) is 0 Å². The van der Waals surface area contributed by atoms with Crippen LogP contribution in [0.5, 0.6) is 5.75 Å². The molecule has 1 amide bonds. The highest BCUT2D eigenvalue weighted by atomic mass is 35.5. The third-order valence-electron chi connectivity index (χ3n) is 6.87. The highest BCUT2D eigenvalue weighted by Gasteiger charge is 2.46. The molecule has 3 heterocycles. The summed E-state index contributed by atoms with van der Waals surface area (Å²) < 4.78 is 11.2. The number of fused-ring (bicyclic) bond motifs is 1. The number of amides is 1. The number of likely N-dealkylation sites (tertiary alicyclic amines) is 1. The third kappa shape index (κ3) is 4.81. The second-order valence-corrected chi connectivity index (χ2v) is 9.74. The zero-order valence-electron chi connectivity index (χ0n) is 19.7. The predicted octanol–water partition coefficient (Wildman–Crippen LogP) is 3.81. The summed E-state index contributed by atoms with van der Waals surface area (Å²) in [7, 11) is 0. The van der Waals surface area contributed by atoms with Gasteiger partial charge in [0.25, 0.3) is 11.7 Å². The second kappa shape index (κ2) is 10.0. The number of ether oxygens (including phenoxy) is 2. The Hall–Kier alpha value is -2.87. The molecule has 0 radical (unpaired) electrons. The smallest absolute Gasteiger partial charge is 0.295 e. The number of rotatable bonds is 6. The van der Waals surface area contributed by atoms with Gasteiger partial charge in [0.1, 0.15) is 17.6 Å². The largest absolute Gasteiger partial charge is 0.507 e. The van der Waals surface area contributed by atoms with Crippen LogP contribution in [-0.2, 0) is 20.7 Å². The van der Waals surface area contributed by atoms with Crippen LogP contribution in [0.25, 0.3) is 5.76 Å². The van der Waals surface area contributed by atoms with Gasteiger partial charge in [-0.15, -0.1) is 0 Å². The summed E-state index contributed by atoms with van der Waals surface area (Å²) in [5.41, 5.74) is 2.33. The number of hydrogen-bond acceptors (Lipinski definition) is 6. The fourth-order valence-electron chi connectivity index (χ4n) is 5.12. The summed E-state index contributed by atoms with van der Waals surface area (Å²) in [5, 5.41) is 11.9. The second-order valence-electron chi connectivity index (χ2n) is 9.31. The maximum absolute atomic E-state index is 13.2. The van der Waals surface area contributed by atoms with E-state index in [-0.39, 0.29) is 17.4 Å². The summed E-state index contributed by atoms with van der Waals surface area (Å²) in [6, 6.07) is 11.8. The molecule has 0 aromatic heterocycles. The number of hydrogen-bond donors (Lipinski definition) is 1. The standard InChI is InChI=1S/C27H29ClN2O5/c1-17-15-20-16-19(5-8-22(20)35-17)25(31)23-24(18-3-6-21(28)7-4-18)30(27(33)26(23)32)10-2-9-29-11-13-34-14-12-29/h3-8,16-17,24,31H,2,9-15H2,1H3/b25-23+. The average Bonchev–Trinajstić information content (AvgIpc) is 3.36. The Bertz CT molecular complexity index is 1160. The number of morpholine rings is 1. The summed E-state index contributed by atoms with van der Waals surface area (Å²) in [6.45, 7) is 6.34. The van der Waals surface area contributed by atoms with E-state index < -0.39 is 17.7 Å². The number of aliphatic hydroxyl groups excluding tert-OH is 1. The zero-order chi connectivity index (χ0) is 24.5. The Morgan fingerprint density at radius 2 is 1.83 bits per heavy atom. The van der Waals surface area contributed by atoms with Crippen LogP contribution in [0.15, 0.2) is 48.0 Å². The summed E-state index contributed by atoms with van der Waals surface area (Å²) >= 11 is 6.11. The van der Waals surface area contributed by atoms with Crippen LogP contribution in [0.2, 0.25) is 5.02 Å². The molecule has 7 nitrogen and oxygen atoms in total. The van der Waals surface area contributed by atoms with Crippen molar-refractivity contribution in [2.45, 2.75) is 31.9 Å². The number of aliphatic hydroxyl groups is 1. The number of Topliss-reactive ketones (excluding diaryl/α,β-unsaturated/α-hetero) is 1. The number of nitrogens with zero attached hydrogens (tertiary/aromatic N) is 2. The number of ketones is 1. The first kappa shape index (κ1) is 23.9. The molecule has 2 unspecified atom stereocenters. The molecule has 2 aromatic rings. The van der Waals surface area contributed by atoms with Crippen molar-refractivity contribution in [3.63, 3.8) is 0 Å². The molecule has 0 spiro atoms. The molecule has 0 saturated carbocycles. The van der Waals surface area contributed by atoms with E-state index in [0.717, 1.165) is 42.9 Å².